The van der Waals surface area contributed by atoms with Crippen molar-refractivity contribution in [1.82, 2.24) is 24.5 Å². The summed E-state index contributed by atoms with van der Waals surface area (Å²) in [5.74, 6) is 0.991. The fourth-order valence-electron chi connectivity index (χ4n) is 5.20. The largest absolute Gasteiger partial charge is 0.372 e. The number of carbonyl (C=O) groups excluding carboxylic acids is 1. The number of amides is 1. The van der Waals surface area contributed by atoms with Crippen LogP contribution in [0.1, 0.15) is 30.7 Å². The smallest absolute Gasteiger partial charge is 0.226 e. The van der Waals surface area contributed by atoms with Crippen LogP contribution in [-0.2, 0) is 22.4 Å². The number of carbonyl (C=O) groups is 1. The minimum Gasteiger partial charge on any atom is -0.372 e. The lowest BCUT2D eigenvalue weighted by Crippen LogP contribution is -2.50. The summed E-state index contributed by atoms with van der Waals surface area (Å²) >= 11 is 8.18. The van der Waals surface area contributed by atoms with Crippen LogP contribution >= 0.6 is 22.9 Å². The summed E-state index contributed by atoms with van der Waals surface area (Å²) in [6, 6.07) is 3.89. The van der Waals surface area contributed by atoms with Gasteiger partial charge in [-0.05, 0) is 50.8 Å². The molecule has 1 saturated heterocycles. The van der Waals surface area contributed by atoms with Crippen molar-refractivity contribution in [2.45, 2.75) is 45.3 Å². The zero-order valence-electron chi connectivity index (χ0n) is 19.0. The summed E-state index contributed by atoms with van der Waals surface area (Å²) in [7, 11) is 0. The molecule has 0 bridgehead atoms. The van der Waals surface area contributed by atoms with Crippen LogP contribution < -0.4 is 5.32 Å². The predicted octanol–water partition coefficient (Wildman–Crippen LogP) is 4.48. The van der Waals surface area contributed by atoms with Crippen molar-refractivity contribution in [2.75, 3.05) is 18.4 Å². The maximum atomic E-state index is 13.3. The van der Waals surface area contributed by atoms with Gasteiger partial charge in [0, 0.05) is 36.3 Å². The maximum Gasteiger partial charge on any atom is 0.226 e. The second-order valence-electron chi connectivity index (χ2n) is 9.21. The van der Waals surface area contributed by atoms with E-state index < -0.39 is 0 Å². The average Bonchev–Trinajstić information content (AvgIpc) is 3.41. The number of nitrogens with zero attached hydrogens (tertiary/aromatic N) is 5. The fourth-order valence-corrected chi connectivity index (χ4v) is 6.66. The zero-order valence-corrected chi connectivity index (χ0v) is 20.6. The first-order chi connectivity index (χ1) is 16.5. The topological polar surface area (TPSA) is 84.7 Å². The lowest BCUT2D eigenvalue weighted by molar-refractivity contribution is -0.147. The molecule has 34 heavy (non-hydrogen) atoms. The highest BCUT2D eigenvalue weighted by Crippen LogP contribution is 2.41. The Bertz CT molecular complexity index is 1390. The monoisotopic (exact) mass is 496 g/mol. The van der Waals surface area contributed by atoms with Gasteiger partial charge >= 0.3 is 0 Å². The minimum absolute atomic E-state index is 0.00106. The normalized spacial score (nSPS) is 22.8. The number of thiophene rings is 1. The number of rotatable bonds is 3. The third-order valence-electron chi connectivity index (χ3n) is 6.66. The molecule has 1 N–H and O–H groups in total. The van der Waals surface area contributed by atoms with Crippen molar-refractivity contribution < 1.29 is 9.53 Å². The number of aromatic nitrogens is 4. The molecule has 10 heteroatoms. The van der Waals surface area contributed by atoms with E-state index in [4.69, 9.17) is 16.3 Å². The van der Waals surface area contributed by atoms with E-state index in [1.165, 1.54) is 10.4 Å². The first-order valence-electron chi connectivity index (χ1n) is 11.6. The number of nitrogens with one attached hydrogen (secondary N) is 1. The molecule has 4 aromatic rings. The Balaban J connectivity index is 1.29. The number of halogens is 1. The Hall–Kier alpha value is -2.75. The molecule has 176 valence electrons. The van der Waals surface area contributed by atoms with Gasteiger partial charge in [0.2, 0.25) is 5.91 Å². The van der Waals surface area contributed by atoms with E-state index >= 15 is 0 Å². The summed E-state index contributed by atoms with van der Waals surface area (Å²) in [5, 5.41) is 9.25. The molecule has 5 heterocycles. The van der Waals surface area contributed by atoms with Crippen LogP contribution in [0, 0.1) is 5.92 Å². The maximum absolute atomic E-state index is 13.3. The van der Waals surface area contributed by atoms with Gasteiger partial charge in [0.15, 0.2) is 0 Å². The predicted molar refractivity (Wildman–Crippen MR) is 133 cm³/mol. The van der Waals surface area contributed by atoms with Gasteiger partial charge in [-0.2, -0.15) is 5.10 Å². The van der Waals surface area contributed by atoms with Crippen molar-refractivity contribution in [3.63, 3.8) is 0 Å². The molecule has 2 aliphatic rings. The van der Waals surface area contributed by atoms with Gasteiger partial charge in [0.05, 0.1) is 33.8 Å². The van der Waals surface area contributed by atoms with E-state index in [1.54, 1.807) is 34.6 Å². The SMILES string of the molecule is C[C@@H]1CN(C(=O)[C@H]2CCc3c(sc4ncnc(Nc5cc6ccnn6cc5Cl)c34)C2)C[C@@H](C)O1. The van der Waals surface area contributed by atoms with E-state index in [0.717, 1.165) is 46.5 Å². The number of pyridine rings is 1. The highest BCUT2D eigenvalue weighted by atomic mass is 35.5. The molecule has 0 spiro atoms. The number of hydrogen-bond donors (Lipinski definition) is 1. The quantitative estimate of drug-likeness (QED) is 0.450. The van der Waals surface area contributed by atoms with Crippen LogP contribution in [0.25, 0.3) is 15.7 Å². The Kier molecular flexibility index (Phi) is 5.43. The van der Waals surface area contributed by atoms with Crippen LogP contribution in [0.5, 0.6) is 0 Å². The Morgan fingerprint density at radius 2 is 2.09 bits per heavy atom. The Labute approximate surface area is 205 Å². The molecule has 3 atom stereocenters. The molecular weight excluding hydrogens is 472 g/mol. The number of ether oxygens (including phenoxy) is 1. The standard InChI is InChI=1S/C24H25ClN6O2S/c1-13-9-30(10-14(2)33-13)24(32)15-3-4-17-20(7-15)34-23-21(17)22(26-12-27-23)29-19-8-16-5-6-28-31(16)11-18(19)25/h5-6,8,11-15H,3-4,7,9-10H2,1-2H3,(H,26,27,29)/t13-,14-,15+/m1/s1. The fraction of sp³-hybridized carbons (Fsp3) is 0.417. The summed E-state index contributed by atoms with van der Waals surface area (Å²) in [4.78, 5) is 26.6. The van der Waals surface area contributed by atoms with Gasteiger partial charge < -0.3 is 15.0 Å². The molecule has 0 aromatic carbocycles. The van der Waals surface area contributed by atoms with Crippen LogP contribution in [0.2, 0.25) is 5.02 Å². The summed E-state index contributed by atoms with van der Waals surface area (Å²) < 4.78 is 7.55. The third kappa shape index (κ3) is 3.81. The van der Waals surface area contributed by atoms with Crippen LogP contribution in [-0.4, -0.2) is 55.7 Å². The van der Waals surface area contributed by atoms with Crippen molar-refractivity contribution in [3.05, 3.63) is 46.3 Å². The lowest BCUT2D eigenvalue weighted by Gasteiger charge is -2.37. The average molecular weight is 497 g/mol. The number of anilines is 2. The van der Waals surface area contributed by atoms with Crippen molar-refractivity contribution >= 4 is 56.1 Å². The van der Waals surface area contributed by atoms with Gasteiger partial charge in [0.25, 0.3) is 0 Å². The second kappa shape index (κ2) is 8.48. The highest BCUT2D eigenvalue weighted by molar-refractivity contribution is 7.19. The molecule has 0 saturated carbocycles. The molecule has 1 aliphatic heterocycles. The Morgan fingerprint density at radius 3 is 2.91 bits per heavy atom. The molecule has 0 unspecified atom stereocenters. The molecule has 1 aliphatic carbocycles. The number of aryl methyl sites for hydroxylation is 1. The lowest BCUT2D eigenvalue weighted by atomic mass is 9.86. The van der Waals surface area contributed by atoms with E-state index in [2.05, 4.69) is 20.4 Å². The van der Waals surface area contributed by atoms with Crippen LogP contribution in [0.4, 0.5) is 11.5 Å². The van der Waals surface area contributed by atoms with Gasteiger partial charge in [-0.25, -0.2) is 14.5 Å². The van der Waals surface area contributed by atoms with Gasteiger partial charge in [-0.1, -0.05) is 11.6 Å². The van der Waals surface area contributed by atoms with Gasteiger partial charge in [0.1, 0.15) is 17.0 Å². The van der Waals surface area contributed by atoms with Gasteiger partial charge in [-0.15, -0.1) is 11.3 Å². The number of hydrogen-bond acceptors (Lipinski definition) is 7. The molecule has 0 radical (unpaired) electrons. The molecule has 1 amide bonds. The summed E-state index contributed by atoms with van der Waals surface area (Å²) in [6.45, 7) is 5.40. The highest BCUT2D eigenvalue weighted by Gasteiger charge is 2.34. The summed E-state index contributed by atoms with van der Waals surface area (Å²) in [6.07, 6.45) is 7.66. The number of fused-ring (bicyclic) bond motifs is 4. The minimum atomic E-state index is 0.00106. The van der Waals surface area contributed by atoms with E-state index in [1.807, 2.05) is 30.9 Å². The van der Waals surface area contributed by atoms with Crippen LogP contribution in [0.15, 0.2) is 30.9 Å². The first-order valence-corrected chi connectivity index (χ1v) is 12.7. The van der Waals surface area contributed by atoms with Gasteiger partial charge in [-0.3, -0.25) is 4.79 Å². The van der Waals surface area contributed by atoms with E-state index in [9.17, 15) is 4.79 Å². The van der Waals surface area contributed by atoms with Crippen molar-refractivity contribution in [2.24, 2.45) is 5.92 Å². The molecule has 4 aromatic heterocycles. The molecule has 1 fully saturated rings. The van der Waals surface area contributed by atoms with E-state index in [-0.39, 0.29) is 24.0 Å². The Morgan fingerprint density at radius 1 is 1.26 bits per heavy atom. The zero-order chi connectivity index (χ0) is 23.4. The number of morpholine rings is 1. The molecule has 8 nitrogen and oxygen atoms in total. The second-order valence-corrected chi connectivity index (χ2v) is 10.7. The first kappa shape index (κ1) is 21.8. The molecule has 6 rings (SSSR count). The van der Waals surface area contributed by atoms with E-state index in [0.29, 0.717) is 18.1 Å². The third-order valence-corrected chi connectivity index (χ3v) is 8.13. The molecular formula is C24H25ClN6O2S. The van der Waals surface area contributed by atoms with Crippen molar-refractivity contribution in [1.29, 1.82) is 0 Å². The van der Waals surface area contributed by atoms with Crippen LogP contribution in [0.3, 0.4) is 0 Å². The van der Waals surface area contributed by atoms with Crippen molar-refractivity contribution in [3.8, 4) is 0 Å². The summed E-state index contributed by atoms with van der Waals surface area (Å²) in [5.41, 5.74) is 2.96.